The van der Waals surface area contributed by atoms with Gasteiger partial charge in [-0.1, -0.05) is 29.6 Å². The third-order valence-corrected chi connectivity index (χ3v) is 3.44. The zero-order valence-corrected chi connectivity index (χ0v) is 12.4. The second-order valence-electron chi connectivity index (χ2n) is 5.29. The fraction of sp³-hybridized carbons (Fsp3) is 0.500. The minimum atomic E-state index is -0.0335. The van der Waals surface area contributed by atoms with Crippen LogP contribution in [-0.2, 0) is 11.2 Å². The van der Waals surface area contributed by atoms with Gasteiger partial charge in [-0.2, -0.15) is 0 Å². The summed E-state index contributed by atoms with van der Waals surface area (Å²) in [7, 11) is 0. The van der Waals surface area contributed by atoms with Crippen molar-refractivity contribution in [3.05, 3.63) is 29.5 Å². The van der Waals surface area contributed by atoms with Crippen LogP contribution in [0.5, 0.6) is 0 Å². The zero-order valence-electron chi connectivity index (χ0n) is 12.4. The summed E-state index contributed by atoms with van der Waals surface area (Å²) in [4.78, 5) is 11.9. The highest BCUT2D eigenvalue weighted by atomic mass is 16.5. The molecule has 1 amide bonds. The standard InChI is InChI=1S/C16H22N2O3/c1-12-6-7-15-13(10-12)14(18-21-15)11-16(20)17-8-4-2-3-5-9-19/h6-7,10,19H,2-5,8-9,11H2,1H3,(H,17,20). The first-order valence-corrected chi connectivity index (χ1v) is 7.43. The summed E-state index contributed by atoms with van der Waals surface area (Å²) in [5.41, 5.74) is 2.52. The quantitative estimate of drug-likeness (QED) is 0.732. The van der Waals surface area contributed by atoms with Crippen LogP contribution in [-0.4, -0.2) is 29.3 Å². The molecular weight excluding hydrogens is 268 g/mol. The number of carbonyl (C=O) groups excluding carboxylic acids is 1. The summed E-state index contributed by atoms with van der Waals surface area (Å²) in [5, 5.41) is 16.5. The molecule has 0 aliphatic carbocycles. The first-order chi connectivity index (χ1) is 10.2. The summed E-state index contributed by atoms with van der Waals surface area (Å²) in [6, 6.07) is 5.83. The molecule has 0 aliphatic heterocycles. The number of hydrogen-bond acceptors (Lipinski definition) is 4. The molecule has 0 atom stereocenters. The maximum atomic E-state index is 11.9. The van der Waals surface area contributed by atoms with E-state index in [0.29, 0.717) is 17.8 Å². The lowest BCUT2D eigenvalue weighted by Crippen LogP contribution is -2.26. The number of rotatable bonds is 8. The van der Waals surface area contributed by atoms with Crippen LogP contribution < -0.4 is 5.32 Å². The van der Waals surface area contributed by atoms with E-state index in [1.165, 1.54) is 0 Å². The van der Waals surface area contributed by atoms with Crippen LogP contribution in [0.25, 0.3) is 11.0 Å². The number of hydrogen-bond donors (Lipinski definition) is 2. The van der Waals surface area contributed by atoms with Crippen molar-refractivity contribution >= 4 is 16.9 Å². The molecule has 0 saturated heterocycles. The van der Waals surface area contributed by atoms with Gasteiger partial charge in [-0.25, -0.2) is 0 Å². The Hall–Kier alpha value is -1.88. The summed E-state index contributed by atoms with van der Waals surface area (Å²) < 4.78 is 5.22. The Morgan fingerprint density at radius 1 is 1.29 bits per heavy atom. The summed E-state index contributed by atoms with van der Waals surface area (Å²) in [5.74, 6) is -0.0335. The van der Waals surface area contributed by atoms with Gasteiger partial charge in [-0.3, -0.25) is 4.79 Å². The molecule has 21 heavy (non-hydrogen) atoms. The van der Waals surface area contributed by atoms with Crippen molar-refractivity contribution < 1.29 is 14.4 Å². The lowest BCUT2D eigenvalue weighted by Gasteiger charge is -2.03. The molecule has 1 aromatic heterocycles. The first kappa shape index (κ1) is 15.5. The second-order valence-corrected chi connectivity index (χ2v) is 5.29. The Morgan fingerprint density at radius 2 is 2.10 bits per heavy atom. The number of amides is 1. The first-order valence-electron chi connectivity index (χ1n) is 7.43. The Labute approximate surface area is 124 Å². The average Bonchev–Trinajstić information content (AvgIpc) is 2.85. The highest BCUT2D eigenvalue weighted by molar-refractivity contribution is 5.86. The SMILES string of the molecule is Cc1ccc2onc(CC(=O)NCCCCCCO)c2c1. The predicted molar refractivity (Wildman–Crippen MR) is 81.0 cm³/mol. The third-order valence-electron chi connectivity index (χ3n) is 3.44. The van der Waals surface area contributed by atoms with Crippen molar-refractivity contribution in [2.75, 3.05) is 13.2 Å². The van der Waals surface area contributed by atoms with E-state index < -0.39 is 0 Å². The molecule has 0 aliphatic rings. The van der Waals surface area contributed by atoms with E-state index in [1.54, 1.807) is 0 Å². The lowest BCUT2D eigenvalue weighted by molar-refractivity contribution is -0.120. The van der Waals surface area contributed by atoms with Gasteiger partial charge in [0.05, 0.1) is 6.42 Å². The van der Waals surface area contributed by atoms with E-state index in [9.17, 15) is 4.79 Å². The van der Waals surface area contributed by atoms with Gasteiger partial charge in [0.15, 0.2) is 5.58 Å². The van der Waals surface area contributed by atoms with Crippen LogP contribution in [0.15, 0.2) is 22.7 Å². The number of nitrogens with zero attached hydrogens (tertiary/aromatic N) is 1. The predicted octanol–water partition coefficient (Wildman–Crippen LogP) is 2.35. The molecule has 114 valence electrons. The van der Waals surface area contributed by atoms with Crippen LogP contribution in [0.1, 0.15) is 36.9 Å². The molecule has 5 nitrogen and oxygen atoms in total. The molecule has 0 radical (unpaired) electrons. The van der Waals surface area contributed by atoms with Gasteiger partial charge in [-0.15, -0.1) is 0 Å². The fourth-order valence-corrected chi connectivity index (χ4v) is 2.26. The van der Waals surface area contributed by atoms with E-state index in [1.807, 2.05) is 25.1 Å². The van der Waals surface area contributed by atoms with Crippen LogP contribution in [0, 0.1) is 6.92 Å². The summed E-state index contributed by atoms with van der Waals surface area (Å²) >= 11 is 0. The zero-order chi connectivity index (χ0) is 15.1. The molecule has 2 rings (SSSR count). The van der Waals surface area contributed by atoms with Crippen LogP contribution in [0.2, 0.25) is 0 Å². The van der Waals surface area contributed by atoms with Gasteiger partial charge in [0.25, 0.3) is 0 Å². The molecule has 2 N–H and O–H groups in total. The van der Waals surface area contributed by atoms with Crippen molar-refractivity contribution in [1.82, 2.24) is 10.5 Å². The molecule has 5 heteroatoms. The Balaban J connectivity index is 1.80. The number of unbranched alkanes of at least 4 members (excludes halogenated alkanes) is 3. The number of aliphatic hydroxyl groups excluding tert-OH is 1. The lowest BCUT2D eigenvalue weighted by atomic mass is 10.1. The Bertz CT molecular complexity index is 592. The van der Waals surface area contributed by atoms with E-state index in [2.05, 4.69) is 10.5 Å². The number of fused-ring (bicyclic) bond motifs is 1. The van der Waals surface area contributed by atoms with E-state index in [0.717, 1.165) is 36.6 Å². The molecule has 0 spiro atoms. The molecule has 0 fully saturated rings. The molecule has 1 heterocycles. The monoisotopic (exact) mass is 290 g/mol. The maximum Gasteiger partial charge on any atom is 0.226 e. The Morgan fingerprint density at radius 3 is 2.90 bits per heavy atom. The Kier molecular flexibility index (Phi) is 5.75. The normalized spacial score (nSPS) is 11.0. The molecule has 2 aromatic rings. The summed E-state index contributed by atoms with van der Waals surface area (Å²) in [6.07, 6.45) is 4.03. The van der Waals surface area contributed by atoms with Crippen LogP contribution in [0.4, 0.5) is 0 Å². The molecule has 0 unspecified atom stereocenters. The van der Waals surface area contributed by atoms with Crippen molar-refractivity contribution in [2.45, 2.75) is 39.0 Å². The van der Waals surface area contributed by atoms with Gasteiger partial charge in [0.2, 0.25) is 5.91 Å². The van der Waals surface area contributed by atoms with Crippen molar-refractivity contribution in [2.24, 2.45) is 0 Å². The van der Waals surface area contributed by atoms with Crippen LogP contribution >= 0.6 is 0 Å². The highest BCUT2D eigenvalue weighted by Gasteiger charge is 2.12. The second kappa shape index (κ2) is 7.78. The number of aryl methyl sites for hydroxylation is 1. The van der Waals surface area contributed by atoms with E-state index in [4.69, 9.17) is 9.63 Å². The van der Waals surface area contributed by atoms with Gasteiger partial charge in [0, 0.05) is 18.5 Å². The molecule has 0 saturated carbocycles. The third kappa shape index (κ3) is 4.56. The minimum absolute atomic E-state index is 0.0335. The number of nitrogens with one attached hydrogen (secondary N) is 1. The van der Waals surface area contributed by atoms with Crippen molar-refractivity contribution in [3.8, 4) is 0 Å². The average molecular weight is 290 g/mol. The number of aromatic nitrogens is 1. The largest absolute Gasteiger partial charge is 0.396 e. The van der Waals surface area contributed by atoms with Crippen molar-refractivity contribution in [3.63, 3.8) is 0 Å². The molecule has 1 aromatic carbocycles. The number of carbonyl (C=O) groups is 1. The van der Waals surface area contributed by atoms with E-state index >= 15 is 0 Å². The number of benzene rings is 1. The molecule has 0 bridgehead atoms. The van der Waals surface area contributed by atoms with Crippen molar-refractivity contribution in [1.29, 1.82) is 0 Å². The maximum absolute atomic E-state index is 11.9. The van der Waals surface area contributed by atoms with Gasteiger partial charge in [-0.05, 0) is 31.9 Å². The topological polar surface area (TPSA) is 75.4 Å². The smallest absolute Gasteiger partial charge is 0.226 e. The van der Waals surface area contributed by atoms with Crippen LogP contribution in [0.3, 0.4) is 0 Å². The number of aliphatic hydroxyl groups is 1. The highest BCUT2D eigenvalue weighted by Crippen LogP contribution is 2.20. The fourth-order valence-electron chi connectivity index (χ4n) is 2.26. The van der Waals surface area contributed by atoms with E-state index in [-0.39, 0.29) is 18.9 Å². The summed E-state index contributed by atoms with van der Waals surface area (Å²) in [6.45, 7) is 2.91. The van der Waals surface area contributed by atoms with Gasteiger partial charge < -0.3 is 14.9 Å². The van der Waals surface area contributed by atoms with Gasteiger partial charge in [0.1, 0.15) is 5.69 Å². The van der Waals surface area contributed by atoms with Gasteiger partial charge >= 0.3 is 0 Å². The minimum Gasteiger partial charge on any atom is -0.396 e. The molecular formula is C16H22N2O3.